The SMILES string of the molecule is CCC(C)CCCCCCCCCCCCC(=O)O[C@H](COC(=O)CCCCCCCCC(C)CC)COP(=O)(O)OCC(O)COP(=O)(O)OC[C@@H](COC(=O)CCCCCCCCCCC(C)C)OC(=O)CCCCCCCCCC(C)C. The molecule has 19 heteroatoms. The molecule has 5 unspecified atom stereocenters. The molecule has 0 aliphatic heterocycles. The van der Waals surface area contributed by atoms with Crippen LogP contribution in [0.5, 0.6) is 0 Å². The molecule has 504 valence electrons. The zero-order valence-corrected chi connectivity index (χ0v) is 57.0. The van der Waals surface area contributed by atoms with Gasteiger partial charge in [0.05, 0.1) is 26.4 Å². The van der Waals surface area contributed by atoms with E-state index in [1.54, 1.807) is 0 Å². The number of rotatable bonds is 63. The van der Waals surface area contributed by atoms with Gasteiger partial charge in [-0.05, 0) is 49.4 Å². The molecule has 17 nitrogen and oxygen atoms in total. The van der Waals surface area contributed by atoms with Gasteiger partial charge in [0.2, 0.25) is 0 Å². The predicted octanol–water partition coefficient (Wildman–Crippen LogP) is 18.1. The van der Waals surface area contributed by atoms with E-state index >= 15 is 0 Å². The maximum atomic E-state index is 13.0. The molecule has 0 saturated carbocycles. The van der Waals surface area contributed by atoms with Crippen molar-refractivity contribution in [2.45, 2.75) is 337 Å². The van der Waals surface area contributed by atoms with Gasteiger partial charge < -0.3 is 33.8 Å². The molecule has 0 amide bonds. The predicted molar refractivity (Wildman–Crippen MR) is 340 cm³/mol. The smallest absolute Gasteiger partial charge is 0.462 e. The van der Waals surface area contributed by atoms with Crippen LogP contribution in [-0.4, -0.2) is 96.7 Å². The number of aliphatic hydroxyl groups excluding tert-OH is 1. The molecule has 85 heavy (non-hydrogen) atoms. The van der Waals surface area contributed by atoms with Crippen LogP contribution in [0.4, 0.5) is 0 Å². The lowest BCUT2D eigenvalue weighted by molar-refractivity contribution is -0.161. The number of phosphoric acid groups is 2. The van der Waals surface area contributed by atoms with Gasteiger partial charge in [-0.3, -0.25) is 37.3 Å². The van der Waals surface area contributed by atoms with Crippen LogP contribution in [-0.2, 0) is 65.4 Å². The fraction of sp³-hybridized carbons (Fsp3) is 0.939. The van der Waals surface area contributed by atoms with Crippen LogP contribution < -0.4 is 0 Å². The van der Waals surface area contributed by atoms with Crippen LogP contribution in [0.3, 0.4) is 0 Å². The normalized spacial score (nSPS) is 15.0. The Balaban J connectivity index is 5.26. The lowest BCUT2D eigenvalue weighted by Gasteiger charge is -2.21. The molecular formula is C66H128O17P2. The summed E-state index contributed by atoms with van der Waals surface area (Å²) in [6.07, 6.45) is 36.3. The zero-order chi connectivity index (χ0) is 63.2. The Hall–Kier alpha value is -1.94. The summed E-state index contributed by atoms with van der Waals surface area (Å²) < 4.78 is 68.1. The van der Waals surface area contributed by atoms with Gasteiger partial charge in [0.1, 0.15) is 19.3 Å². The summed E-state index contributed by atoms with van der Waals surface area (Å²) in [7, 11) is -9.89. The molecule has 0 radical (unpaired) electrons. The Bertz CT molecular complexity index is 1700. The number of carbonyl (C=O) groups excluding carboxylic acids is 4. The molecule has 7 atom stereocenters. The van der Waals surface area contributed by atoms with Crippen molar-refractivity contribution in [1.29, 1.82) is 0 Å². The highest BCUT2D eigenvalue weighted by Crippen LogP contribution is 2.45. The van der Waals surface area contributed by atoms with Crippen molar-refractivity contribution in [3.05, 3.63) is 0 Å². The molecule has 0 rings (SSSR count). The highest BCUT2D eigenvalue weighted by molar-refractivity contribution is 7.47. The Kier molecular flexibility index (Phi) is 54.8. The summed E-state index contributed by atoms with van der Waals surface area (Å²) in [5.41, 5.74) is 0. The highest BCUT2D eigenvalue weighted by atomic mass is 31.2. The number of hydrogen-bond donors (Lipinski definition) is 3. The first-order chi connectivity index (χ1) is 40.7. The van der Waals surface area contributed by atoms with Gasteiger partial charge in [-0.1, -0.05) is 267 Å². The lowest BCUT2D eigenvalue weighted by atomic mass is 9.99. The van der Waals surface area contributed by atoms with E-state index in [1.807, 2.05) is 0 Å². The molecule has 0 fully saturated rings. The van der Waals surface area contributed by atoms with E-state index in [0.717, 1.165) is 114 Å². The third-order valence-electron chi connectivity index (χ3n) is 15.8. The van der Waals surface area contributed by atoms with Crippen molar-refractivity contribution in [1.82, 2.24) is 0 Å². The maximum absolute atomic E-state index is 13.0. The summed E-state index contributed by atoms with van der Waals surface area (Å²) in [6, 6.07) is 0. The molecule has 0 heterocycles. The van der Waals surface area contributed by atoms with Crippen molar-refractivity contribution in [2.24, 2.45) is 23.7 Å². The van der Waals surface area contributed by atoms with Crippen molar-refractivity contribution in [3.8, 4) is 0 Å². The van der Waals surface area contributed by atoms with Gasteiger partial charge in [-0.15, -0.1) is 0 Å². The number of carbonyl (C=O) groups is 4. The Morgan fingerprint density at radius 1 is 0.329 bits per heavy atom. The number of hydrogen-bond acceptors (Lipinski definition) is 15. The number of aliphatic hydroxyl groups is 1. The van der Waals surface area contributed by atoms with E-state index in [2.05, 4.69) is 55.4 Å². The summed E-state index contributed by atoms with van der Waals surface area (Å²) in [5, 5.41) is 10.5. The van der Waals surface area contributed by atoms with Crippen molar-refractivity contribution < 1.29 is 80.2 Å². The highest BCUT2D eigenvalue weighted by Gasteiger charge is 2.30. The molecule has 0 aromatic rings. The molecule has 0 aliphatic carbocycles. The van der Waals surface area contributed by atoms with Gasteiger partial charge >= 0.3 is 39.5 Å². The number of unbranched alkanes of at least 4 members (excludes halogenated alkanes) is 27. The first kappa shape index (κ1) is 83.1. The van der Waals surface area contributed by atoms with Gasteiger partial charge in [0.25, 0.3) is 0 Å². The molecule has 0 aromatic carbocycles. The standard InChI is InChI=1S/C66H128O17P2/c1-9-58(7)44-36-28-20-13-11-12-14-22-32-40-48-65(70)82-62(53-77-64(69)47-39-31-25-24-29-37-45-59(8)10-2)55-81-85(74,75)79-51-60(67)50-78-84(72,73)80-54-61(83-66(71)49-41-33-23-17-19-27-35-43-57(5)6)52-76-63(68)46-38-30-21-16-15-18-26-34-42-56(3)4/h56-62,67H,9-55H2,1-8H3,(H,72,73)(H,74,75)/t58?,59?,60?,61-,62-/m1/s1. The number of esters is 4. The number of ether oxygens (including phenoxy) is 4. The average Bonchev–Trinajstić information content (AvgIpc) is 3.46. The molecule has 0 aromatic heterocycles. The van der Waals surface area contributed by atoms with Crippen LogP contribution in [0.1, 0.15) is 319 Å². The minimum Gasteiger partial charge on any atom is -0.462 e. The molecular weight excluding hydrogens is 1130 g/mol. The zero-order valence-electron chi connectivity index (χ0n) is 55.2. The van der Waals surface area contributed by atoms with Gasteiger partial charge in [-0.25, -0.2) is 9.13 Å². The largest absolute Gasteiger partial charge is 0.472 e. The first-order valence-corrected chi connectivity index (χ1v) is 37.3. The quantitative estimate of drug-likeness (QED) is 0.0222. The Labute approximate surface area is 517 Å². The molecule has 0 bridgehead atoms. The second-order valence-electron chi connectivity index (χ2n) is 25.3. The summed E-state index contributed by atoms with van der Waals surface area (Å²) in [5.74, 6) is 0.817. The van der Waals surface area contributed by atoms with Crippen LogP contribution in [0.2, 0.25) is 0 Å². The van der Waals surface area contributed by atoms with Crippen LogP contribution in [0.25, 0.3) is 0 Å². The minimum atomic E-state index is -4.95. The van der Waals surface area contributed by atoms with Crippen molar-refractivity contribution in [2.75, 3.05) is 39.6 Å². The maximum Gasteiger partial charge on any atom is 0.472 e. The topological polar surface area (TPSA) is 237 Å². The van der Waals surface area contributed by atoms with E-state index in [1.165, 1.54) is 116 Å². The third-order valence-corrected chi connectivity index (χ3v) is 17.7. The molecule has 0 spiro atoms. The lowest BCUT2D eigenvalue weighted by Crippen LogP contribution is -2.30. The van der Waals surface area contributed by atoms with Crippen LogP contribution in [0.15, 0.2) is 0 Å². The van der Waals surface area contributed by atoms with Crippen LogP contribution >= 0.6 is 15.6 Å². The molecule has 0 saturated heterocycles. The van der Waals surface area contributed by atoms with E-state index in [9.17, 15) is 43.2 Å². The number of phosphoric ester groups is 2. The Morgan fingerprint density at radius 2 is 0.565 bits per heavy atom. The second kappa shape index (κ2) is 56.1. The van der Waals surface area contributed by atoms with Crippen molar-refractivity contribution >= 4 is 39.5 Å². The fourth-order valence-electron chi connectivity index (χ4n) is 9.72. The summed E-state index contributed by atoms with van der Waals surface area (Å²) in [4.78, 5) is 72.3. The summed E-state index contributed by atoms with van der Waals surface area (Å²) >= 11 is 0. The van der Waals surface area contributed by atoms with E-state index < -0.39 is 97.5 Å². The monoisotopic (exact) mass is 1250 g/mol. The average molecular weight is 1260 g/mol. The van der Waals surface area contributed by atoms with E-state index in [-0.39, 0.29) is 25.7 Å². The fourth-order valence-corrected chi connectivity index (χ4v) is 11.3. The molecule has 0 aliphatic rings. The third kappa shape index (κ3) is 58.2. The Morgan fingerprint density at radius 3 is 0.835 bits per heavy atom. The van der Waals surface area contributed by atoms with E-state index in [4.69, 9.17) is 37.0 Å². The van der Waals surface area contributed by atoms with Gasteiger partial charge in [0, 0.05) is 25.7 Å². The van der Waals surface area contributed by atoms with E-state index in [0.29, 0.717) is 31.6 Å². The minimum absolute atomic E-state index is 0.102. The van der Waals surface area contributed by atoms with Crippen LogP contribution in [0, 0.1) is 23.7 Å². The van der Waals surface area contributed by atoms with Gasteiger partial charge in [-0.2, -0.15) is 0 Å². The van der Waals surface area contributed by atoms with Crippen molar-refractivity contribution in [3.63, 3.8) is 0 Å². The molecule has 3 N–H and O–H groups in total. The first-order valence-electron chi connectivity index (χ1n) is 34.3. The summed E-state index contributed by atoms with van der Waals surface area (Å²) in [6.45, 7) is 14.0. The van der Waals surface area contributed by atoms with Gasteiger partial charge in [0.15, 0.2) is 12.2 Å². The second-order valence-corrected chi connectivity index (χ2v) is 28.2.